The van der Waals surface area contributed by atoms with Crippen molar-refractivity contribution in [3.05, 3.63) is 35.5 Å². The van der Waals surface area contributed by atoms with Crippen molar-refractivity contribution in [2.75, 3.05) is 13.2 Å². The van der Waals surface area contributed by atoms with E-state index in [9.17, 15) is 15.3 Å². The van der Waals surface area contributed by atoms with Gasteiger partial charge in [-0.15, -0.1) is 0 Å². The Bertz CT molecular complexity index is 778. The number of allylic oxidation sites excluding steroid dienone is 3. The van der Waals surface area contributed by atoms with Gasteiger partial charge in [-0.3, -0.25) is 0 Å². The molecule has 0 aromatic rings. The highest BCUT2D eigenvalue weighted by Crippen LogP contribution is 2.60. The monoisotopic (exact) mass is 490 g/mol. The lowest BCUT2D eigenvalue weighted by Crippen LogP contribution is -2.45. The minimum absolute atomic E-state index is 0.0269. The third kappa shape index (κ3) is 6.87. The van der Waals surface area contributed by atoms with Crippen LogP contribution >= 0.6 is 0 Å². The molecule has 0 radical (unpaired) electrons. The van der Waals surface area contributed by atoms with E-state index in [0.29, 0.717) is 42.3 Å². The molecule has 3 saturated carbocycles. The number of ether oxygens (including phenoxy) is 1. The minimum atomic E-state index is -0.931. The summed E-state index contributed by atoms with van der Waals surface area (Å²) in [6, 6.07) is 0. The van der Waals surface area contributed by atoms with Crippen LogP contribution in [0.2, 0.25) is 0 Å². The predicted octanol–water partition coefficient (Wildman–Crippen LogP) is 5.08. The van der Waals surface area contributed by atoms with E-state index in [-0.39, 0.29) is 6.61 Å². The molecule has 5 nitrogen and oxygen atoms in total. The molecule has 5 heteroatoms. The highest BCUT2D eigenvalue weighted by molar-refractivity contribution is 5.40. The molecule has 0 aromatic heterocycles. The maximum Gasteiger partial charge on any atom is 0.114 e. The van der Waals surface area contributed by atoms with Gasteiger partial charge in [-0.1, -0.05) is 51.0 Å². The third-order valence-electron chi connectivity index (χ3n) is 9.17. The van der Waals surface area contributed by atoms with E-state index >= 15 is 0 Å². The van der Waals surface area contributed by atoms with Gasteiger partial charge in [0.25, 0.3) is 0 Å². The Balaban J connectivity index is 1.67. The Kier molecular flexibility index (Phi) is 9.84. The molecule has 3 aliphatic rings. The van der Waals surface area contributed by atoms with Crippen molar-refractivity contribution in [3.63, 3.8) is 0 Å². The summed E-state index contributed by atoms with van der Waals surface area (Å²) >= 11 is 0. The second-order valence-corrected chi connectivity index (χ2v) is 12.4. The fourth-order valence-electron chi connectivity index (χ4n) is 7.21. The predicted molar refractivity (Wildman–Crippen MR) is 141 cm³/mol. The van der Waals surface area contributed by atoms with Crippen LogP contribution in [0, 0.1) is 23.2 Å². The summed E-state index contributed by atoms with van der Waals surface area (Å²) in [5.74, 6) is 1.98. The Labute approximate surface area is 213 Å². The van der Waals surface area contributed by atoms with Gasteiger partial charge < -0.3 is 25.2 Å². The highest BCUT2D eigenvalue weighted by Gasteiger charge is 2.50. The van der Waals surface area contributed by atoms with Crippen LogP contribution in [0.15, 0.2) is 35.5 Å². The fourth-order valence-corrected chi connectivity index (χ4v) is 7.21. The molecule has 3 fully saturated rings. The van der Waals surface area contributed by atoms with Gasteiger partial charge in [0, 0.05) is 19.6 Å². The van der Waals surface area contributed by atoms with E-state index in [0.717, 1.165) is 30.8 Å². The van der Waals surface area contributed by atoms with E-state index < -0.39 is 23.9 Å². The first-order valence-corrected chi connectivity index (χ1v) is 13.9. The maximum absolute atomic E-state index is 10.7. The maximum atomic E-state index is 10.7. The number of aliphatic hydroxyl groups is 4. The van der Waals surface area contributed by atoms with Crippen molar-refractivity contribution in [1.82, 2.24) is 0 Å². The molecule has 0 aromatic carbocycles. The lowest BCUT2D eigenvalue weighted by atomic mass is 9.60. The molecule has 4 N–H and O–H groups in total. The number of rotatable bonds is 10. The third-order valence-corrected chi connectivity index (χ3v) is 9.17. The first-order chi connectivity index (χ1) is 16.5. The first kappa shape index (κ1) is 28.6. The summed E-state index contributed by atoms with van der Waals surface area (Å²) in [4.78, 5) is 0. The zero-order chi connectivity index (χ0) is 25.8. The minimum Gasteiger partial charge on any atom is -0.396 e. The molecule has 0 saturated heterocycles. The van der Waals surface area contributed by atoms with Crippen molar-refractivity contribution in [2.45, 2.75) is 116 Å². The van der Waals surface area contributed by atoms with Gasteiger partial charge in [-0.2, -0.15) is 0 Å². The van der Waals surface area contributed by atoms with Crippen LogP contribution in [0.25, 0.3) is 0 Å². The Morgan fingerprint density at radius 3 is 2.63 bits per heavy atom. The Morgan fingerprint density at radius 2 is 1.94 bits per heavy atom. The first-order valence-electron chi connectivity index (χ1n) is 13.9. The normalized spacial score (nSPS) is 37.1. The van der Waals surface area contributed by atoms with E-state index in [2.05, 4.69) is 32.6 Å². The Hall–Kier alpha value is -0.980. The molecule has 0 aliphatic heterocycles. The molecule has 200 valence electrons. The average Bonchev–Trinajstić information content (AvgIpc) is 3.14. The second-order valence-electron chi connectivity index (χ2n) is 12.4. The summed E-state index contributed by atoms with van der Waals surface area (Å²) < 4.78 is 5.63. The van der Waals surface area contributed by atoms with Crippen molar-refractivity contribution in [3.8, 4) is 0 Å². The van der Waals surface area contributed by atoms with Crippen LogP contribution in [-0.2, 0) is 4.74 Å². The van der Waals surface area contributed by atoms with Gasteiger partial charge >= 0.3 is 0 Å². The number of hydrogen-bond donors (Lipinski definition) is 4. The van der Waals surface area contributed by atoms with E-state index in [1.807, 2.05) is 13.8 Å². The van der Waals surface area contributed by atoms with Gasteiger partial charge in [0.1, 0.15) is 12.2 Å². The summed E-state index contributed by atoms with van der Waals surface area (Å²) in [5, 5.41) is 40.4. The van der Waals surface area contributed by atoms with Crippen molar-refractivity contribution >= 4 is 0 Å². The van der Waals surface area contributed by atoms with Crippen LogP contribution in [0.5, 0.6) is 0 Å². The van der Waals surface area contributed by atoms with E-state index in [1.165, 1.54) is 37.7 Å². The fraction of sp³-hybridized carbons (Fsp3) is 0.800. The molecule has 2 unspecified atom stereocenters. The Morgan fingerprint density at radius 1 is 1.20 bits per heavy atom. The van der Waals surface area contributed by atoms with Gasteiger partial charge in [0.05, 0.1) is 11.7 Å². The van der Waals surface area contributed by atoms with Gasteiger partial charge in [-0.05, 0) is 93.1 Å². The smallest absolute Gasteiger partial charge is 0.114 e. The molecule has 0 spiro atoms. The molecule has 35 heavy (non-hydrogen) atoms. The molecule has 0 heterocycles. The molecule has 7 atom stereocenters. The molecule has 0 amide bonds. The van der Waals surface area contributed by atoms with Crippen LogP contribution in [-0.4, -0.2) is 57.6 Å². The van der Waals surface area contributed by atoms with Crippen LogP contribution < -0.4 is 0 Å². The lowest BCUT2D eigenvalue weighted by Gasteiger charge is -2.44. The van der Waals surface area contributed by atoms with Gasteiger partial charge in [0.15, 0.2) is 0 Å². The lowest BCUT2D eigenvalue weighted by molar-refractivity contribution is -0.0968. The van der Waals surface area contributed by atoms with Gasteiger partial charge in [-0.25, -0.2) is 0 Å². The van der Waals surface area contributed by atoms with Crippen LogP contribution in [0.4, 0.5) is 0 Å². The second kappa shape index (κ2) is 12.0. The standard InChI is InChI=1S/C30H50O5/c1-20(9-6-15-29(3,4)34)24-13-14-25-22(10-7-16-30(24,25)5)11-12-23-19-26(32)28(27(33)21(23)2)35-18-8-17-31/h11-12,20,24-28,31-34H,2,6-10,13-19H2,1,3-5H3/t20-,24-,25?,26-,27-,28?,30-/m1/s1. The molecule has 3 rings (SSSR count). The van der Waals surface area contributed by atoms with Crippen LogP contribution in [0.3, 0.4) is 0 Å². The highest BCUT2D eigenvalue weighted by atomic mass is 16.5. The van der Waals surface area contributed by atoms with E-state index in [1.54, 1.807) is 0 Å². The zero-order valence-electron chi connectivity index (χ0n) is 22.5. The molecule has 0 bridgehead atoms. The van der Waals surface area contributed by atoms with Crippen molar-refractivity contribution in [1.29, 1.82) is 0 Å². The molecule has 3 aliphatic carbocycles. The molecular weight excluding hydrogens is 440 g/mol. The number of aliphatic hydroxyl groups excluding tert-OH is 3. The van der Waals surface area contributed by atoms with Gasteiger partial charge in [0.2, 0.25) is 0 Å². The zero-order valence-corrected chi connectivity index (χ0v) is 22.5. The summed E-state index contributed by atoms with van der Waals surface area (Å²) in [6.07, 6.45) is 12.1. The summed E-state index contributed by atoms with van der Waals surface area (Å²) in [5.41, 5.74) is 2.79. The van der Waals surface area contributed by atoms with Crippen molar-refractivity contribution in [2.24, 2.45) is 23.2 Å². The largest absolute Gasteiger partial charge is 0.396 e. The van der Waals surface area contributed by atoms with Crippen molar-refractivity contribution < 1.29 is 25.2 Å². The molecular formula is C30H50O5. The topological polar surface area (TPSA) is 90.2 Å². The SMILES string of the molecule is C=C1C(=CC=C2CCC[C@@]3(C)C2CC[C@@H]3[C@H](C)CCCC(C)(C)O)C[C@@H](O)C(OCCCO)[C@@H]1O. The summed E-state index contributed by atoms with van der Waals surface area (Å²) in [6.45, 7) is 13.2. The number of hydrogen-bond acceptors (Lipinski definition) is 5. The number of fused-ring (bicyclic) bond motifs is 1. The average molecular weight is 491 g/mol. The quantitative estimate of drug-likeness (QED) is 0.321. The summed E-state index contributed by atoms with van der Waals surface area (Å²) in [7, 11) is 0. The van der Waals surface area contributed by atoms with E-state index in [4.69, 9.17) is 9.84 Å². The van der Waals surface area contributed by atoms with Crippen LogP contribution in [0.1, 0.15) is 91.9 Å².